The van der Waals surface area contributed by atoms with Crippen molar-refractivity contribution in [2.75, 3.05) is 30.8 Å². The molecule has 138 valence electrons. The minimum atomic E-state index is -4.28. The van der Waals surface area contributed by atoms with Gasteiger partial charge in [0.25, 0.3) is 10.1 Å². The standard InChI is InChI=1S/C9H13NO.C8H11NO4S/c1-8-3-2-4-9(7-8)10-5-6-11;1-2-13-7-4-3-6(9)5-8(7)14(10,11)12/h2-4,7,10-11H,5-6H2,1H3;3-5H,2,9H2,1H3,(H,10,11,12). The van der Waals surface area contributed by atoms with Crippen LogP contribution < -0.4 is 15.8 Å². The van der Waals surface area contributed by atoms with Crippen LogP contribution in [0.2, 0.25) is 0 Å². The summed E-state index contributed by atoms with van der Waals surface area (Å²) < 4.78 is 35.7. The van der Waals surface area contributed by atoms with Gasteiger partial charge in [0.15, 0.2) is 0 Å². The van der Waals surface area contributed by atoms with Gasteiger partial charge >= 0.3 is 0 Å². The van der Waals surface area contributed by atoms with E-state index in [9.17, 15) is 8.42 Å². The maximum Gasteiger partial charge on any atom is 0.298 e. The highest BCUT2D eigenvalue weighted by molar-refractivity contribution is 7.86. The Balaban J connectivity index is 0.000000257. The number of ether oxygens (including phenoxy) is 1. The minimum absolute atomic E-state index is 0.101. The van der Waals surface area contributed by atoms with Crippen LogP contribution in [0, 0.1) is 6.92 Å². The third-order valence-corrected chi connectivity index (χ3v) is 3.88. The van der Waals surface area contributed by atoms with Crippen LogP contribution in [-0.4, -0.2) is 37.8 Å². The number of benzene rings is 2. The summed E-state index contributed by atoms with van der Waals surface area (Å²) >= 11 is 0. The molecule has 5 N–H and O–H groups in total. The Hall–Kier alpha value is -2.29. The summed E-state index contributed by atoms with van der Waals surface area (Å²) in [6, 6.07) is 12.1. The molecule has 0 radical (unpaired) electrons. The Bertz CT molecular complexity index is 778. The molecular formula is C17H24N2O5S. The average molecular weight is 368 g/mol. The number of anilines is 2. The van der Waals surface area contributed by atoms with Crippen molar-refractivity contribution in [1.29, 1.82) is 0 Å². The van der Waals surface area contributed by atoms with Gasteiger partial charge in [0.1, 0.15) is 10.6 Å². The van der Waals surface area contributed by atoms with Crippen molar-refractivity contribution in [3.05, 3.63) is 48.0 Å². The topological polar surface area (TPSA) is 122 Å². The van der Waals surface area contributed by atoms with E-state index in [0.717, 1.165) is 11.8 Å². The van der Waals surface area contributed by atoms with Crippen molar-refractivity contribution >= 4 is 21.5 Å². The molecule has 2 aromatic carbocycles. The smallest absolute Gasteiger partial charge is 0.298 e. The zero-order valence-corrected chi connectivity index (χ0v) is 15.1. The molecule has 0 fully saturated rings. The van der Waals surface area contributed by atoms with E-state index in [2.05, 4.69) is 11.4 Å². The molecule has 7 nitrogen and oxygen atoms in total. The van der Waals surface area contributed by atoms with Gasteiger partial charge in [0.2, 0.25) is 0 Å². The van der Waals surface area contributed by atoms with Gasteiger partial charge in [0, 0.05) is 17.9 Å². The van der Waals surface area contributed by atoms with Crippen LogP contribution in [0.1, 0.15) is 12.5 Å². The maximum absolute atomic E-state index is 10.9. The Morgan fingerprint density at radius 2 is 1.92 bits per heavy atom. The van der Waals surface area contributed by atoms with E-state index in [1.807, 2.05) is 25.1 Å². The number of hydrogen-bond donors (Lipinski definition) is 4. The van der Waals surface area contributed by atoms with Crippen molar-refractivity contribution in [2.24, 2.45) is 0 Å². The molecular weight excluding hydrogens is 344 g/mol. The van der Waals surface area contributed by atoms with Crippen LogP contribution in [0.3, 0.4) is 0 Å². The van der Waals surface area contributed by atoms with E-state index in [-0.39, 0.29) is 22.9 Å². The number of nitrogens with one attached hydrogen (secondary N) is 1. The first kappa shape index (κ1) is 20.8. The van der Waals surface area contributed by atoms with Crippen molar-refractivity contribution in [3.63, 3.8) is 0 Å². The predicted molar refractivity (Wildman–Crippen MR) is 98.6 cm³/mol. The first-order valence-electron chi connectivity index (χ1n) is 7.69. The van der Waals surface area contributed by atoms with E-state index < -0.39 is 10.1 Å². The van der Waals surface area contributed by atoms with E-state index in [0.29, 0.717) is 13.2 Å². The van der Waals surface area contributed by atoms with Crippen LogP contribution in [0.4, 0.5) is 11.4 Å². The summed E-state index contributed by atoms with van der Waals surface area (Å²) in [6.07, 6.45) is 0. The third kappa shape index (κ3) is 7.42. The predicted octanol–water partition coefficient (Wildman–Crippen LogP) is 2.31. The first-order valence-corrected chi connectivity index (χ1v) is 9.13. The molecule has 0 aromatic heterocycles. The normalized spacial score (nSPS) is 10.6. The van der Waals surface area contributed by atoms with Crippen LogP contribution in [-0.2, 0) is 10.1 Å². The number of nitrogen functional groups attached to an aromatic ring is 1. The molecule has 0 aliphatic rings. The summed E-state index contributed by atoms with van der Waals surface area (Å²) in [4.78, 5) is -0.306. The monoisotopic (exact) mass is 368 g/mol. The Morgan fingerprint density at radius 3 is 2.48 bits per heavy atom. The molecule has 2 aromatic rings. The molecule has 0 bridgehead atoms. The number of nitrogens with two attached hydrogens (primary N) is 1. The van der Waals surface area contributed by atoms with Gasteiger partial charge in [-0.05, 0) is 49.7 Å². The van der Waals surface area contributed by atoms with Gasteiger partial charge in [0.05, 0.1) is 13.2 Å². The molecule has 0 heterocycles. The summed E-state index contributed by atoms with van der Waals surface area (Å²) in [5, 5.41) is 11.6. The van der Waals surface area contributed by atoms with E-state index in [4.69, 9.17) is 20.1 Å². The highest BCUT2D eigenvalue weighted by Gasteiger charge is 2.16. The minimum Gasteiger partial charge on any atom is -0.492 e. The number of aryl methyl sites for hydroxylation is 1. The summed E-state index contributed by atoms with van der Waals surface area (Å²) in [6.45, 7) is 4.86. The number of aliphatic hydroxyl groups excluding tert-OH is 1. The highest BCUT2D eigenvalue weighted by atomic mass is 32.2. The average Bonchev–Trinajstić information content (AvgIpc) is 2.54. The second-order valence-electron chi connectivity index (χ2n) is 5.13. The lowest BCUT2D eigenvalue weighted by Gasteiger charge is -2.07. The van der Waals surface area contributed by atoms with Crippen LogP contribution in [0.25, 0.3) is 0 Å². The number of rotatable bonds is 6. The molecule has 0 aliphatic carbocycles. The zero-order chi connectivity index (χ0) is 18.9. The number of hydrogen-bond acceptors (Lipinski definition) is 6. The SMILES string of the molecule is CCOc1ccc(N)cc1S(=O)(=O)O.Cc1cccc(NCCO)c1. The fourth-order valence-corrected chi connectivity index (χ4v) is 2.62. The van der Waals surface area contributed by atoms with Gasteiger partial charge in [-0.25, -0.2) is 0 Å². The Kier molecular flexibility index (Phi) is 8.20. The summed E-state index contributed by atoms with van der Waals surface area (Å²) in [5.41, 5.74) is 7.94. The highest BCUT2D eigenvalue weighted by Crippen LogP contribution is 2.25. The molecule has 2 rings (SSSR count). The largest absolute Gasteiger partial charge is 0.492 e. The Morgan fingerprint density at radius 1 is 1.20 bits per heavy atom. The van der Waals surface area contributed by atoms with Gasteiger partial charge in [-0.2, -0.15) is 8.42 Å². The molecule has 0 atom stereocenters. The third-order valence-electron chi connectivity index (χ3n) is 3.00. The lowest BCUT2D eigenvalue weighted by Crippen LogP contribution is -2.04. The summed E-state index contributed by atoms with van der Waals surface area (Å²) in [5.74, 6) is 0.101. The molecule has 0 saturated carbocycles. The summed E-state index contributed by atoms with van der Waals surface area (Å²) in [7, 11) is -4.28. The van der Waals surface area contributed by atoms with E-state index >= 15 is 0 Å². The number of aliphatic hydroxyl groups is 1. The quantitative estimate of drug-likeness (QED) is 0.456. The second kappa shape index (κ2) is 9.87. The molecule has 25 heavy (non-hydrogen) atoms. The lowest BCUT2D eigenvalue weighted by atomic mass is 10.2. The van der Waals surface area contributed by atoms with Gasteiger partial charge in [-0.15, -0.1) is 0 Å². The molecule has 0 saturated heterocycles. The fourth-order valence-electron chi connectivity index (χ4n) is 1.96. The van der Waals surface area contributed by atoms with Crippen molar-refractivity contribution in [2.45, 2.75) is 18.7 Å². The molecule has 0 aliphatic heterocycles. The van der Waals surface area contributed by atoms with E-state index in [1.54, 1.807) is 6.92 Å². The lowest BCUT2D eigenvalue weighted by molar-refractivity contribution is 0.311. The van der Waals surface area contributed by atoms with Crippen LogP contribution >= 0.6 is 0 Å². The fraction of sp³-hybridized carbons (Fsp3) is 0.294. The van der Waals surface area contributed by atoms with Crippen molar-refractivity contribution in [1.82, 2.24) is 0 Å². The van der Waals surface area contributed by atoms with Gasteiger partial charge < -0.3 is 20.9 Å². The maximum atomic E-state index is 10.9. The van der Waals surface area contributed by atoms with E-state index in [1.165, 1.54) is 17.7 Å². The van der Waals surface area contributed by atoms with Gasteiger partial charge in [-0.1, -0.05) is 12.1 Å². The Labute approximate surface area is 148 Å². The van der Waals surface area contributed by atoms with Crippen LogP contribution in [0.5, 0.6) is 5.75 Å². The first-order chi connectivity index (χ1) is 11.8. The van der Waals surface area contributed by atoms with Gasteiger partial charge in [-0.3, -0.25) is 4.55 Å². The molecule has 0 amide bonds. The molecule has 0 unspecified atom stereocenters. The molecule has 8 heteroatoms. The zero-order valence-electron chi connectivity index (χ0n) is 14.3. The second-order valence-corrected chi connectivity index (χ2v) is 6.52. The molecule has 0 spiro atoms. The van der Waals surface area contributed by atoms with Crippen molar-refractivity contribution < 1.29 is 22.8 Å². The van der Waals surface area contributed by atoms with Crippen molar-refractivity contribution in [3.8, 4) is 5.75 Å². The van der Waals surface area contributed by atoms with Crippen LogP contribution in [0.15, 0.2) is 47.4 Å².